The molecule has 0 saturated carbocycles. The lowest BCUT2D eigenvalue weighted by atomic mass is 9.70. The van der Waals surface area contributed by atoms with Gasteiger partial charge in [-0.25, -0.2) is 9.97 Å². The molecule has 20 aromatic rings. The van der Waals surface area contributed by atoms with Crippen LogP contribution in [0.5, 0.6) is 0 Å². The molecule has 0 atom stereocenters. The van der Waals surface area contributed by atoms with E-state index in [4.69, 9.17) is 19.9 Å². The second-order valence-electron chi connectivity index (χ2n) is 26.2. The van der Waals surface area contributed by atoms with E-state index in [0.29, 0.717) is 0 Å². The van der Waals surface area contributed by atoms with E-state index >= 15 is 0 Å². The van der Waals surface area contributed by atoms with E-state index in [1.807, 2.05) is 35.1 Å². The first-order valence-electron chi connectivity index (χ1n) is 33.7. The minimum Gasteiger partial charge on any atom is -0.252 e. The molecule has 0 aliphatic heterocycles. The van der Waals surface area contributed by atoms with Crippen molar-refractivity contribution < 1.29 is 0 Å². The van der Waals surface area contributed by atoms with Crippen LogP contribution in [0.1, 0.15) is 22.3 Å². The molecule has 0 unspecified atom stereocenters. The van der Waals surface area contributed by atoms with Crippen LogP contribution in [0.25, 0.3) is 184 Å². The third kappa shape index (κ3) is 8.50. The Labute approximate surface area is 577 Å². The van der Waals surface area contributed by atoms with Crippen LogP contribution >= 0.6 is 22.7 Å². The molecular weight excluding hydrogens is 1240 g/mol. The smallest absolute Gasteiger partial charge is 0.0979 e. The molecule has 1 spiro atoms. The number of fused-ring (bicyclic) bond motifs is 28. The molecule has 2 aliphatic carbocycles. The summed E-state index contributed by atoms with van der Waals surface area (Å²) in [5.74, 6) is 0. The predicted molar refractivity (Wildman–Crippen MR) is 418 cm³/mol. The Bertz CT molecular complexity index is 6710. The second-order valence-corrected chi connectivity index (χ2v) is 28.4. The van der Waals surface area contributed by atoms with Gasteiger partial charge in [0.1, 0.15) is 0 Å². The average molecular weight is 1290 g/mol. The molecule has 4 aromatic heterocycles. The summed E-state index contributed by atoms with van der Waals surface area (Å²) in [6.07, 6.45) is 3.89. The van der Waals surface area contributed by atoms with Gasteiger partial charge in [0.05, 0.1) is 51.3 Å². The Morgan fingerprint density at radius 1 is 0.202 bits per heavy atom. The number of thiophene rings is 2. The lowest BCUT2D eigenvalue weighted by Crippen LogP contribution is -2.26. The lowest BCUT2D eigenvalue weighted by Gasteiger charge is -2.31. The van der Waals surface area contributed by atoms with Gasteiger partial charge in [-0.2, -0.15) is 0 Å². The van der Waals surface area contributed by atoms with E-state index in [2.05, 4.69) is 315 Å². The summed E-state index contributed by atoms with van der Waals surface area (Å²) in [5.41, 5.74) is 24.9. The summed E-state index contributed by atoms with van der Waals surface area (Å²) in [6.45, 7) is 0. The van der Waals surface area contributed by atoms with Gasteiger partial charge in [0.25, 0.3) is 0 Å². The van der Waals surface area contributed by atoms with Crippen molar-refractivity contribution in [2.75, 3.05) is 0 Å². The summed E-state index contributed by atoms with van der Waals surface area (Å²) in [6, 6.07) is 115. The van der Waals surface area contributed by atoms with Gasteiger partial charge in [0.2, 0.25) is 0 Å². The number of rotatable bonds is 5. The first kappa shape index (κ1) is 55.9. The van der Waals surface area contributed by atoms with Crippen LogP contribution in [-0.2, 0) is 5.41 Å². The fourth-order valence-electron chi connectivity index (χ4n) is 16.5. The fraction of sp³-hybridized carbons (Fsp3) is 0.0108. The van der Waals surface area contributed by atoms with Gasteiger partial charge in [-0.15, -0.1) is 22.7 Å². The van der Waals surface area contributed by atoms with E-state index < -0.39 is 5.41 Å². The highest BCUT2D eigenvalue weighted by Gasteiger charge is 2.52. The normalized spacial score (nSPS) is 12.7. The predicted octanol–water partition coefficient (Wildman–Crippen LogP) is 25.3. The van der Waals surface area contributed by atoms with E-state index in [1.54, 1.807) is 0 Å². The maximum atomic E-state index is 5.44. The van der Waals surface area contributed by atoms with Crippen molar-refractivity contribution in [1.82, 2.24) is 19.9 Å². The van der Waals surface area contributed by atoms with Crippen molar-refractivity contribution in [1.29, 1.82) is 0 Å². The Kier molecular flexibility index (Phi) is 12.3. The number of nitrogens with zero attached hydrogens (tertiary/aromatic N) is 4. The van der Waals surface area contributed by atoms with Crippen molar-refractivity contribution in [3.8, 4) is 78.1 Å². The molecule has 6 heteroatoms. The monoisotopic (exact) mass is 1290 g/mol. The maximum absolute atomic E-state index is 5.44. The van der Waals surface area contributed by atoms with E-state index in [9.17, 15) is 0 Å². The summed E-state index contributed by atoms with van der Waals surface area (Å²) >= 11 is 3.72. The summed E-state index contributed by atoms with van der Waals surface area (Å²) in [7, 11) is 0. The van der Waals surface area contributed by atoms with Gasteiger partial charge in [0, 0.05) is 73.0 Å². The van der Waals surface area contributed by atoms with Crippen molar-refractivity contribution in [3.05, 3.63) is 350 Å². The Morgan fingerprint density at radius 2 is 0.535 bits per heavy atom. The highest BCUT2D eigenvalue weighted by molar-refractivity contribution is 7.26. The number of aromatic nitrogens is 4. The Balaban J connectivity index is 0.000000135. The molecule has 0 amide bonds. The largest absolute Gasteiger partial charge is 0.252 e. The van der Waals surface area contributed by atoms with Crippen LogP contribution < -0.4 is 0 Å². The summed E-state index contributed by atoms with van der Waals surface area (Å²) in [4.78, 5) is 20.8. The molecule has 4 heterocycles. The maximum Gasteiger partial charge on any atom is 0.0979 e. The molecule has 16 aromatic carbocycles. The van der Waals surface area contributed by atoms with Gasteiger partial charge in [0.15, 0.2) is 0 Å². The van der Waals surface area contributed by atoms with Crippen LogP contribution in [0.15, 0.2) is 328 Å². The molecule has 0 fully saturated rings. The van der Waals surface area contributed by atoms with Crippen molar-refractivity contribution in [3.63, 3.8) is 0 Å². The van der Waals surface area contributed by atoms with Crippen molar-refractivity contribution in [2.24, 2.45) is 0 Å². The molecule has 0 bridgehead atoms. The van der Waals surface area contributed by atoms with Crippen LogP contribution in [0.3, 0.4) is 0 Å². The summed E-state index contributed by atoms with van der Waals surface area (Å²) in [5, 5.41) is 14.6. The van der Waals surface area contributed by atoms with Crippen LogP contribution in [-0.4, -0.2) is 19.9 Å². The van der Waals surface area contributed by atoms with Gasteiger partial charge >= 0.3 is 0 Å². The minimum atomic E-state index is -0.490. The first-order chi connectivity index (χ1) is 49.1. The second kappa shape index (κ2) is 21.9. The first-order valence-corrected chi connectivity index (χ1v) is 35.3. The molecule has 0 saturated heterocycles. The minimum absolute atomic E-state index is 0.490. The van der Waals surface area contributed by atoms with Crippen LogP contribution in [0.2, 0.25) is 0 Å². The Hall–Kier alpha value is -12.3. The molecule has 4 nitrogen and oxygen atoms in total. The topological polar surface area (TPSA) is 51.6 Å². The van der Waals surface area contributed by atoms with Gasteiger partial charge in [-0.05, 0) is 160 Å². The van der Waals surface area contributed by atoms with Gasteiger partial charge in [-0.3, -0.25) is 9.97 Å². The van der Waals surface area contributed by atoms with Crippen molar-refractivity contribution in [2.45, 2.75) is 5.41 Å². The van der Waals surface area contributed by atoms with Gasteiger partial charge < -0.3 is 0 Å². The van der Waals surface area contributed by atoms with Crippen LogP contribution in [0.4, 0.5) is 0 Å². The highest BCUT2D eigenvalue weighted by atomic mass is 32.1. The molecule has 0 radical (unpaired) electrons. The zero-order chi connectivity index (χ0) is 64.9. The van der Waals surface area contributed by atoms with Gasteiger partial charge in [-0.1, -0.05) is 255 Å². The fourth-order valence-corrected chi connectivity index (χ4v) is 18.7. The lowest BCUT2D eigenvalue weighted by molar-refractivity contribution is 0.794. The van der Waals surface area contributed by atoms with E-state index in [1.165, 1.54) is 140 Å². The molecule has 0 N–H and O–H groups in total. The molecule has 458 valence electrons. The average Bonchev–Trinajstić information content (AvgIpc) is 1.51. The van der Waals surface area contributed by atoms with Crippen LogP contribution in [0, 0.1) is 0 Å². The van der Waals surface area contributed by atoms with Crippen molar-refractivity contribution >= 4 is 128 Å². The zero-order valence-corrected chi connectivity index (χ0v) is 54.9. The van der Waals surface area contributed by atoms with E-state index in [0.717, 1.165) is 66.1 Å². The third-order valence-electron chi connectivity index (χ3n) is 21.0. The zero-order valence-electron chi connectivity index (χ0n) is 53.3. The Morgan fingerprint density at radius 3 is 1.06 bits per heavy atom. The number of benzene rings is 16. The molecular formula is C93H54N4S2. The molecule has 22 rings (SSSR count). The number of hydrogen-bond acceptors (Lipinski definition) is 6. The summed E-state index contributed by atoms with van der Waals surface area (Å²) < 4.78 is 5.27. The third-order valence-corrected chi connectivity index (χ3v) is 23.3. The quantitative estimate of drug-likeness (QED) is 0.161. The SMILES string of the molecule is c1ccc(-c2ccc3sc4ccc(-c5cccc(-c6cnc7c8ccccc8c8ccccc8c7n6)c5)cc4c3c2)cc1.c1ccc2c(c1)-c1ccccc1C21c2cc(-c3ccc4sc5ccccc5c4c3)ccc2-c2ccc(-c3cnc4c5ccccc5c5ccccc5c4n3)cc21. The van der Waals surface area contributed by atoms with E-state index in [-0.39, 0.29) is 0 Å². The molecule has 2 aliphatic rings. The number of hydrogen-bond donors (Lipinski definition) is 0. The molecule has 99 heavy (non-hydrogen) atoms. The standard InChI is InChI=1S/C53H30N2S.C40H24N2S/c1-3-16-41-34(11-1)35-12-2-4-17-42(35)52-51(41)54-30-48(55-52)33-22-25-39-38-24-21-32(31-23-26-50-43(27-31)40-15-7-10-20-49(40)56-50)28-46(38)53(47(39)29-33)44-18-8-5-13-36(44)37-14-6-9-19-45(37)53;1-2-9-25(10-3-1)27-17-19-37-34(22-27)35-23-28(18-20-38(35)43-37)26-11-8-12-29(21-26)36-24-41-39-32-15-6-4-13-30(32)31-14-5-7-16-33(31)40(39)42-36/h1-30H;1-24H. The highest BCUT2D eigenvalue weighted by Crippen LogP contribution is 2.64.